The highest BCUT2D eigenvalue weighted by molar-refractivity contribution is 9.10. The number of rotatable bonds is 4. The molecule has 6 heteroatoms. The van der Waals surface area contributed by atoms with Crippen molar-refractivity contribution >= 4 is 33.2 Å². The number of aromatic nitrogens is 2. The SMILES string of the molecule is Cn1ncc(Br)c1-c1cc(N)ccc1OCc1ccc(Cl)cc1. The molecule has 0 aliphatic heterocycles. The maximum absolute atomic E-state index is 5.99. The number of hydrogen-bond donors (Lipinski definition) is 1. The molecule has 0 saturated heterocycles. The van der Waals surface area contributed by atoms with Crippen LogP contribution in [0.5, 0.6) is 5.75 Å². The molecule has 0 atom stereocenters. The highest BCUT2D eigenvalue weighted by atomic mass is 79.9. The summed E-state index contributed by atoms with van der Waals surface area (Å²) in [5.41, 5.74) is 9.47. The normalized spacial score (nSPS) is 10.7. The van der Waals surface area contributed by atoms with E-state index in [4.69, 9.17) is 22.1 Å². The first-order chi connectivity index (χ1) is 11.0. The van der Waals surface area contributed by atoms with Crippen LogP contribution in [0.1, 0.15) is 5.56 Å². The van der Waals surface area contributed by atoms with Crippen LogP contribution in [0.25, 0.3) is 11.3 Å². The fraction of sp³-hybridized carbons (Fsp3) is 0.118. The van der Waals surface area contributed by atoms with Crippen LogP contribution in [0.3, 0.4) is 0 Å². The zero-order valence-corrected chi connectivity index (χ0v) is 14.8. The Hall–Kier alpha value is -1.98. The molecule has 0 aliphatic rings. The van der Waals surface area contributed by atoms with Crippen LogP contribution in [0.2, 0.25) is 5.02 Å². The van der Waals surface area contributed by atoms with Gasteiger partial charge >= 0.3 is 0 Å². The van der Waals surface area contributed by atoms with Gasteiger partial charge in [-0.3, -0.25) is 4.68 Å². The third-order valence-electron chi connectivity index (χ3n) is 3.46. The zero-order valence-electron chi connectivity index (χ0n) is 12.5. The summed E-state index contributed by atoms with van der Waals surface area (Å²) in [6.45, 7) is 0.448. The second kappa shape index (κ2) is 6.64. The molecule has 3 rings (SSSR count). The highest BCUT2D eigenvalue weighted by Crippen LogP contribution is 2.36. The van der Waals surface area contributed by atoms with Crippen molar-refractivity contribution in [3.63, 3.8) is 0 Å². The van der Waals surface area contributed by atoms with Crippen LogP contribution < -0.4 is 10.5 Å². The van der Waals surface area contributed by atoms with Crippen molar-refractivity contribution in [2.75, 3.05) is 5.73 Å². The van der Waals surface area contributed by atoms with Gasteiger partial charge in [0, 0.05) is 23.3 Å². The van der Waals surface area contributed by atoms with E-state index in [1.54, 1.807) is 10.9 Å². The monoisotopic (exact) mass is 391 g/mol. The molecule has 0 aliphatic carbocycles. The van der Waals surface area contributed by atoms with Crippen molar-refractivity contribution < 1.29 is 4.74 Å². The minimum atomic E-state index is 0.448. The molecule has 0 unspecified atom stereocenters. The van der Waals surface area contributed by atoms with Crippen LogP contribution >= 0.6 is 27.5 Å². The van der Waals surface area contributed by atoms with Gasteiger partial charge in [0.2, 0.25) is 0 Å². The van der Waals surface area contributed by atoms with Gasteiger partial charge in [0.15, 0.2) is 0 Å². The molecule has 23 heavy (non-hydrogen) atoms. The number of aryl methyl sites for hydroxylation is 1. The van der Waals surface area contributed by atoms with Crippen LogP contribution in [0, 0.1) is 0 Å². The maximum Gasteiger partial charge on any atom is 0.129 e. The molecular formula is C17H15BrClN3O. The van der Waals surface area contributed by atoms with Crippen molar-refractivity contribution in [2.24, 2.45) is 7.05 Å². The third kappa shape index (κ3) is 3.51. The van der Waals surface area contributed by atoms with Gasteiger partial charge in [0.05, 0.1) is 16.4 Å². The largest absolute Gasteiger partial charge is 0.488 e. The minimum Gasteiger partial charge on any atom is -0.488 e. The molecule has 1 heterocycles. The Labute approximate surface area is 148 Å². The van der Waals surface area contributed by atoms with Gasteiger partial charge in [0.1, 0.15) is 12.4 Å². The average Bonchev–Trinajstić information content (AvgIpc) is 2.86. The Morgan fingerprint density at radius 3 is 2.61 bits per heavy atom. The van der Waals surface area contributed by atoms with Gasteiger partial charge in [-0.1, -0.05) is 23.7 Å². The van der Waals surface area contributed by atoms with Gasteiger partial charge in [-0.2, -0.15) is 5.10 Å². The summed E-state index contributed by atoms with van der Waals surface area (Å²) in [5, 5.41) is 4.96. The van der Waals surface area contributed by atoms with Gasteiger partial charge in [0.25, 0.3) is 0 Å². The highest BCUT2D eigenvalue weighted by Gasteiger charge is 2.15. The lowest BCUT2D eigenvalue weighted by molar-refractivity contribution is 0.307. The molecule has 0 radical (unpaired) electrons. The molecule has 0 spiro atoms. The molecule has 0 saturated carbocycles. The Kier molecular flexibility index (Phi) is 4.59. The number of nitrogens with zero attached hydrogens (tertiary/aromatic N) is 2. The quantitative estimate of drug-likeness (QED) is 0.657. The van der Waals surface area contributed by atoms with Gasteiger partial charge in [-0.25, -0.2) is 0 Å². The van der Waals surface area contributed by atoms with Crippen LogP contribution in [0.4, 0.5) is 5.69 Å². The van der Waals surface area contributed by atoms with E-state index < -0.39 is 0 Å². The van der Waals surface area contributed by atoms with E-state index in [-0.39, 0.29) is 0 Å². The summed E-state index contributed by atoms with van der Waals surface area (Å²) in [7, 11) is 1.88. The van der Waals surface area contributed by atoms with Gasteiger partial charge in [-0.05, 0) is 51.8 Å². The molecule has 2 N–H and O–H groups in total. The Balaban J connectivity index is 1.92. The third-order valence-corrected chi connectivity index (χ3v) is 4.29. The van der Waals surface area contributed by atoms with Crippen molar-refractivity contribution in [1.29, 1.82) is 0 Å². The minimum absolute atomic E-state index is 0.448. The van der Waals surface area contributed by atoms with Crippen LogP contribution in [-0.2, 0) is 13.7 Å². The molecule has 2 aromatic carbocycles. The lowest BCUT2D eigenvalue weighted by Crippen LogP contribution is -2.01. The summed E-state index contributed by atoms with van der Waals surface area (Å²) in [6.07, 6.45) is 1.75. The standard InChI is InChI=1S/C17H15BrClN3O/c1-22-17(15(18)9-21-22)14-8-13(20)6-7-16(14)23-10-11-2-4-12(19)5-3-11/h2-9H,10,20H2,1H3. The predicted octanol–water partition coefficient (Wildman–Crippen LogP) is 4.66. The Morgan fingerprint density at radius 1 is 1.22 bits per heavy atom. The van der Waals surface area contributed by atoms with E-state index in [1.165, 1.54) is 0 Å². The van der Waals surface area contributed by atoms with Gasteiger partial charge < -0.3 is 10.5 Å². The lowest BCUT2D eigenvalue weighted by Gasteiger charge is -2.13. The molecule has 0 bridgehead atoms. The molecule has 0 amide bonds. The topological polar surface area (TPSA) is 53.1 Å². The summed E-state index contributed by atoms with van der Waals surface area (Å²) >= 11 is 9.43. The second-order valence-electron chi connectivity index (χ2n) is 5.14. The number of halogens is 2. The van der Waals surface area contributed by atoms with Crippen molar-refractivity contribution in [2.45, 2.75) is 6.61 Å². The Morgan fingerprint density at radius 2 is 1.96 bits per heavy atom. The molecule has 1 aromatic heterocycles. The molecular weight excluding hydrogens is 378 g/mol. The fourth-order valence-corrected chi connectivity index (χ4v) is 3.00. The lowest BCUT2D eigenvalue weighted by atomic mass is 10.1. The van der Waals surface area contributed by atoms with Crippen LogP contribution in [-0.4, -0.2) is 9.78 Å². The Bertz CT molecular complexity index is 811. The first-order valence-corrected chi connectivity index (χ1v) is 8.16. The smallest absolute Gasteiger partial charge is 0.129 e. The number of anilines is 1. The number of nitrogen functional groups attached to an aromatic ring is 1. The maximum atomic E-state index is 5.99. The molecule has 0 fully saturated rings. The van der Waals surface area contributed by atoms with Crippen molar-refractivity contribution in [1.82, 2.24) is 9.78 Å². The van der Waals surface area contributed by atoms with E-state index in [1.807, 2.05) is 49.5 Å². The van der Waals surface area contributed by atoms with E-state index >= 15 is 0 Å². The number of ether oxygens (including phenoxy) is 1. The van der Waals surface area contributed by atoms with E-state index in [0.717, 1.165) is 27.0 Å². The fourth-order valence-electron chi connectivity index (χ4n) is 2.31. The molecule has 3 aromatic rings. The molecule has 4 nitrogen and oxygen atoms in total. The first-order valence-electron chi connectivity index (χ1n) is 6.99. The summed E-state index contributed by atoms with van der Waals surface area (Å²) in [4.78, 5) is 0. The second-order valence-corrected chi connectivity index (χ2v) is 6.43. The predicted molar refractivity (Wildman–Crippen MR) is 96.5 cm³/mol. The van der Waals surface area contributed by atoms with E-state index in [9.17, 15) is 0 Å². The summed E-state index contributed by atoms with van der Waals surface area (Å²) in [6, 6.07) is 13.2. The zero-order chi connectivity index (χ0) is 16.4. The first kappa shape index (κ1) is 15.9. The number of hydrogen-bond acceptors (Lipinski definition) is 3. The molecule has 118 valence electrons. The average molecular weight is 393 g/mol. The van der Waals surface area contributed by atoms with E-state index in [0.29, 0.717) is 17.3 Å². The van der Waals surface area contributed by atoms with Crippen molar-refractivity contribution in [3.05, 3.63) is 63.7 Å². The van der Waals surface area contributed by atoms with E-state index in [2.05, 4.69) is 21.0 Å². The van der Waals surface area contributed by atoms with Crippen molar-refractivity contribution in [3.8, 4) is 17.0 Å². The van der Waals surface area contributed by atoms with Gasteiger partial charge in [-0.15, -0.1) is 0 Å². The number of nitrogens with two attached hydrogens (primary N) is 1. The summed E-state index contributed by atoms with van der Waals surface area (Å²) < 4.78 is 8.67. The number of benzene rings is 2. The summed E-state index contributed by atoms with van der Waals surface area (Å²) in [5.74, 6) is 0.749. The van der Waals surface area contributed by atoms with Crippen LogP contribution in [0.15, 0.2) is 53.1 Å².